The second kappa shape index (κ2) is 7.41. The molecule has 6 heteroatoms. The molecule has 26 heavy (non-hydrogen) atoms. The van der Waals surface area contributed by atoms with Crippen LogP contribution in [0.1, 0.15) is 21.0 Å². The van der Waals surface area contributed by atoms with Crippen LogP contribution < -0.4 is 0 Å². The summed E-state index contributed by atoms with van der Waals surface area (Å²) in [7, 11) is 0. The first-order valence-electron chi connectivity index (χ1n) is 8.24. The minimum Gasteiger partial charge on any atom is -0.467 e. The number of rotatable bonds is 6. The lowest BCUT2D eigenvalue weighted by Crippen LogP contribution is -2.29. The van der Waals surface area contributed by atoms with Gasteiger partial charge in [-0.3, -0.25) is 4.79 Å². The van der Waals surface area contributed by atoms with Crippen molar-refractivity contribution in [2.45, 2.75) is 13.1 Å². The molecule has 1 aromatic carbocycles. The lowest BCUT2D eigenvalue weighted by molar-refractivity contribution is 0.0719. The zero-order valence-electron chi connectivity index (χ0n) is 14.0. The number of hydrogen-bond donors (Lipinski definition) is 0. The van der Waals surface area contributed by atoms with Crippen molar-refractivity contribution in [3.05, 3.63) is 94.8 Å². The van der Waals surface area contributed by atoms with E-state index in [1.165, 1.54) is 0 Å². The number of aromatic nitrogens is 2. The first-order chi connectivity index (χ1) is 12.8. The fraction of sp³-hybridized carbons (Fsp3) is 0.100. The summed E-state index contributed by atoms with van der Waals surface area (Å²) < 4.78 is 7.20. The Balaban J connectivity index is 1.56. The monoisotopic (exact) mass is 363 g/mol. The number of benzene rings is 1. The number of carbonyl (C=O) groups is 1. The highest BCUT2D eigenvalue weighted by Crippen LogP contribution is 2.18. The molecule has 130 valence electrons. The third-order valence-electron chi connectivity index (χ3n) is 4.02. The van der Waals surface area contributed by atoms with Gasteiger partial charge in [-0.25, -0.2) is 4.68 Å². The molecule has 0 atom stereocenters. The van der Waals surface area contributed by atoms with Gasteiger partial charge < -0.3 is 9.32 Å². The highest BCUT2D eigenvalue weighted by Gasteiger charge is 2.18. The van der Waals surface area contributed by atoms with Gasteiger partial charge in [0, 0.05) is 22.8 Å². The van der Waals surface area contributed by atoms with Gasteiger partial charge in [-0.05, 0) is 53.9 Å². The lowest BCUT2D eigenvalue weighted by Gasteiger charge is -2.21. The first kappa shape index (κ1) is 16.4. The number of carbonyl (C=O) groups excluding carboxylic acids is 1. The summed E-state index contributed by atoms with van der Waals surface area (Å²) in [5.74, 6) is 0.741. The second-order valence-electron chi connectivity index (χ2n) is 5.82. The Morgan fingerprint density at radius 1 is 1.08 bits per heavy atom. The molecule has 0 fully saturated rings. The molecule has 0 spiro atoms. The largest absolute Gasteiger partial charge is 0.467 e. The molecule has 0 saturated heterocycles. The van der Waals surface area contributed by atoms with Crippen molar-refractivity contribution >= 4 is 17.2 Å². The molecule has 4 aromatic rings. The van der Waals surface area contributed by atoms with E-state index in [1.807, 2.05) is 66.2 Å². The SMILES string of the molecule is O=C(c1ccc(-n2cccn2)cc1)N(Cc1ccco1)Cc1cccs1. The number of thiophene rings is 1. The van der Waals surface area contributed by atoms with E-state index < -0.39 is 0 Å². The minimum atomic E-state index is -0.0261. The number of nitrogens with zero attached hydrogens (tertiary/aromatic N) is 3. The van der Waals surface area contributed by atoms with E-state index in [-0.39, 0.29) is 5.91 Å². The van der Waals surface area contributed by atoms with Gasteiger partial charge in [0.2, 0.25) is 0 Å². The maximum Gasteiger partial charge on any atom is 0.254 e. The Labute approximate surface area is 155 Å². The van der Waals surface area contributed by atoms with Crippen LogP contribution in [0.25, 0.3) is 5.69 Å². The highest BCUT2D eigenvalue weighted by atomic mass is 32.1. The van der Waals surface area contributed by atoms with Crippen molar-refractivity contribution in [1.82, 2.24) is 14.7 Å². The molecule has 0 aliphatic carbocycles. The predicted molar refractivity (Wildman–Crippen MR) is 100 cm³/mol. The van der Waals surface area contributed by atoms with Crippen LogP contribution in [0.2, 0.25) is 0 Å². The quantitative estimate of drug-likeness (QED) is 0.511. The summed E-state index contributed by atoms with van der Waals surface area (Å²) in [6.45, 7) is 0.989. The Bertz CT molecular complexity index is 907. The van der Waals surface area contributed by atoms with Crippen molar-refractivity contribution < 1.29 is 9.21 Å². The maximum absolute atomic E-state index is 13.1. The normalized spacial score (nSPS) is 10.8. The lowest BCUT2D eigenvalue weighted by atomic mass is 10.1. The van der Waals surface area contributed by atoms with Gasteiger partial charge in [-0.15, -0.1) is 11.3 Å². The third kappa shape index (κ3) is 3.60. The highest BCUT2D eigenvalue weighted by molar-refractivity contribution is 7.09. The van der Waals surface area contributed by atoms with Crippen molar-refractivity contribution in [3.8, 4) is 5.69 Å². The summed E-state index contributed by atoms with van der Waals surface area (Å²) in [6.07, 6.45) is 5.23. The van der Waals surface area contributed by atoms with E-state index in [0.29, 0.717) is 18.7 Å². The third-order valence-corrected chi connectivity index (χ3v) is 4.89. The van der Waals surface area contributed by atoms with E-state index in [9.17, 15) is 4.79 Å². The van der Waals surface area contributed by atoms with E-state index >= 15 is 0 Å². The van der Waals surface area contributed by atoms with Gasteiger partial charge in [-0.1, -0.05) is 6.07 Å². The summed E-state index contributed by atoms with van der Waals surface area (Å²) >= 11 is 1.64. The predicted octanol–water partition coefficient (Wildman–Crippen LogP) is 4.37. The van der Waals surface area contributed by atoms with Crippen molar-refractivity contribution in [3.63, 3.8) is 0 Å². The van der Waals surface area contributed by atoms with Crippen molar-refractivity contribution in [2.24, 2.45) is 0 Å². The van der Waals surface area contributed by atoms with Crippen molar-refractivity contribution in [2.75, 3.05) is 0 Å². The average Bonchev–Trinajstić information content (AvgIpc) is 3.43. The summed E-state index contributed by atoms with van der Waals surface area (Å²) in [5, 5.41) is 6.22. The zero-order chi connectivity index (χ0) is 17.8. The van der Waals surface area contributed by atoms with Gasteiger partial charge in [0.25, 0.3) is 5.91 Å². The molecule has 0 aliphatic rings. The molecule has 3 heterocycles. The molecule has 0 unspecified atom stereocenters. The summed E-state index contributed by atoms with van der Waals surface area (Å²) in [5.41, 5.74) is 1.56. The van der Waals surface area contributed by atoms with Crippen LogP contribution in [-0.4, -0.2) is 20.6 Å². The Morgan fingerprint density at radius 2 is 1.96 bits per heavy atom. The summed E-state index contributed by atoms with van der Waals surface area (Å²) in [4.78, 5) is 16.0. The molecule has 4 rings (SSSR count). The topological polar surface area (TPSA) is 51.3 Å². The number of furan rings is 1. The Hall–Kier alpha value is -3.12. The minimum absolute atomic E-state index is 0.0261. The smallest absolute Gasteiger partial charge is 0.254 e. The standard InChI is InChI=1S/C20H17N3O2S/c24-20(16-6-8-17(9-7-16)23-11-3-10-21-23)22(14-18-4-1-12-25-18)15-19-5-2-13-26-19/h1-13H,14-15H2. The van der Waals surface area contributed by atoms with Crippen LogP contribution >= 0.6 is 11.3 Å². The summed E-state index contributed by atoms with van der Waals surface area (Å²) in [6, 6.07) is 17.1. The number of hydrogen-bond acceptors (Lipinski definition) is 4. The van der Waals surface area contributed by atoms with Gasteiger partial charge in [0.15, 0.2) is 0 Å². The molecule has 0 radical (unpaired) electrons. The fourth-order valence-electron chi connectivity index (χ4n) is 2.74. The molecule has 3 aromatic heterocycles. The van der Waals surface area contributed by atoms with Crippen LogP contribution in [0, 0.1) is 0 Å². The average molecular weight is 363 g/mol. The van der Waals surface area contributed by atoms with Crippen LogP contribution in [0.4, 0.5) is 0 Å². The molecule has 0 saturated carbocycles. The second-order valence-corrected chi connectivity index (χ2v) is 6.85. The van der Waals surface area contributed by atoms with Crippen LogP contribution in [0.5, 0.6) is 0 Å². The van der Waals surface area contributed by atoms with E-state index in [2.05, 4.69) is 5.10 Å². The van der Waals surface area contributed by atoms with Gasteiger partial charge in [0.05, 0.1) is 25.0 Å². The fourth-order valence-corrected chi connectivity index (χ4v) is 3.46. The van der Waals surface area contributed by atoms with Crippen LogP contribution in [-0.2, 0) is 13.1 Å². The molecule has 0 aliphatic heterocycles. The molecule has 0 N–H and O–H groups in total. The molecule has 0 bridgehead atoms. The van der Waals surface area contributed by atoms with Crippen LogP contribution in [0.3, 0.4) is 0 Å². The van der Waals surface area contributed by atoms with Gasteiger partial charge >= 0.3 is 0 Å². The Kier molecular flexibility index (Phi) is 4.66. The maximum atomic E-state index is 13.1. The van der Waals surface area contributed by atoms with Crippen LogP contribution in [0.15, 0.2) is 83.1 Å². The van der Waals surface area contributed by atoms with Gasteiger partial charge in [0.1, 0.15) is 5.76 Å². The molecular weight excluding hydrogens is 346 g/mol. The zero-order valence-corrected chi connectivity index (χ0v) is 14.8. The molecule has 1 amide bonds. The van der Waals surface area contributed by atoms with E-state index in [1.54, 1.807) is 33.4 Å². The molecule has 5 nitrogen and oxygen atoms in total. The first-order valence-corrected chi connectivity index (χ1v) is 9.12. The van der Waals surface area contributed by atoms with Crippen molar-refractivity contribution in [1.29, 1.82) is 0 Å². The molecular formula is C20H17N3O2S. The van der Waals surface area contributed by atoms with E-state index in [0.717, 1.165) is 16.3 Å². The number of amides is 1. The Morgan fingerprint density at radius 3 is 2.62 bits per heavy atom. The van der Waals surface area contributed by atoms with E-state index in [4.69, 9.17) is 4.42 Å². The van der Waals surface area contributed by atoms with Gasteiger partial charge in [-0.2, -0.15) is 5.10 Å².